The molecule has 2 rings (SSSR count). The molecule has 0 bridgehead atoms. The van der Waals surface area contributed by atoms with Crippen LogP contribution in [0.25, 0.3) is 0 Å². The number of aliphatic imine (C=N–C) groups is 2. The molecular formula is C59H100N18O17. The molecule has 1 aliphatic heterocycles. The van der Waals surface area contributed by atoms with Crippen LogP contribution in [0.15, 0.2) is 34.3 Å². The van der Waals surface area contributed by atoms with Crippen LogP contribution in [-0.4, -0.2) is 208 Å². The van der Waals surface area contributed by atoms with Gasteiger partial charge in [0.15, 0.2) is 11.9 Å². The van der Waals surface area contributed by atoms with Crippen LogP contribution >= 0.6 is 0 Å². The smallest absolute Gasteiger partial charge is 0.326 e. The third-order valence-electron chi connectivity index (χ3n) is 15.2. The predicted octanol–water partition coefficient (Wildman–Crippen LogP) is -5.26. The van der Waals surface area contributed by atoms with Crippen LogP contribution in [0.5, 0.6) is 5.75 Å². The molecule has 0 saturated carbocycles. The molecule has 94 heavy (non-hydrogen) atoms. The van der Waals surface area contributed by atoms with Gasteiger partial charge in [-0.1, -0.05) is 45.7 Å². The number of benzene rings is 1. The van der Waals surface area contributed by atoms with Crippen molar-refractivity contribution in [1.29, 1.82) is 0 Å². The zero-order valence-electron chi connectivity index (χ0n) is 54.4. The summed E-state index contributed by atoms with van der Waals surface area (Å²) in [6.07, 6.45) is -2.46. The second-order valence-electron chi connectivity index (χ2n) is 23.3. The van der Waals surface area contributed by atoms with Gasteiger partial charge in [0.05, 0.1) is 30.7 Å². The number of aromatic hydroxyl groups is 1. The van der Waals surface area contributed by atoms with E-state index in [1.54, 1.807) is 20.8 Å². The van der Waals surface area contributed by atoms with Crippen molar-refractivity contribution in [2.45, 2.75) is 223 Å². The Balaban J connectivity index is 2.31. The molecule has 1 aromatic rings. The number of ether oxygens (including phenoxy) is 1. The summed E-state index contributed by atoms with van der Waals surface area (Å²) in [5, 5.41) is 65.8. The largest absolute Gasteiger partial charge is 0.508 e. The lowest BCUT2D eigenvalue weighted by Crippen LogP contribution is -2.62. The Morgan fingerprint density at radius 1 is 0.574 bits per heavy atom. The number of carbonyl (C=O) groups excluding carboxylic acids is 10. The van der Waals surface area contributed by atoms with Crippen molar-refractivity contribution in [3.05, 3.63) is 29.8 Å². The molecule has 0 spiro atoms. The number of phenolic OH excluding ortho intramolecular Hbond substituents is 1. The standard InChI is InChI=1S/C59H100N18O17/c1-8-14-42-36(22-23-43(94-42)54(89)68-31(5)48(83)72-38(16-12-25-66-58(62)63)50(85)73-39(57(92)93)17-13-26-67-59(64)65)70-53(88)41(28-44(80)81)75-52(87)40(27-34-18-20-35(79)21-19-34)74-49(84)32(6)69-55(90)45(29(3)9-2)76-56(91)46(33(7)78)77-51(86)37(15-10-11-24-60)71-47(82)30(4)61/h18-21,29-33,36-43,45-46,78-79H,8-17,22-28,60-61H2,1-7H3,(H,68,89)(H,69,90)(H,70,88)(H,71,82)(H,72,83)(H,73,85)(H,74,84)(H,75,87)(H,76,91)(H,77,86)(H,80,81)(H,92,93)(H4,62,63,66)(H4,64,65,67)/t29-,30-,31-,32-,33+,36+,37-,38-,39-,40-,41-,42+,43-,45-,46-/m0/s1. The Kier molecular flexibility index (Phi) is 35.9. The number of unbranched alkanes of at least 4 members (excludes halogenated alkanes) is 1. The number of phenols is 1. The van der Waals surface area contributed by atoms with Crippen molar-refractivity contribution >= 4 is 82.9 Å². The van der Waals surface area contributed by atoms with E-state index >= 15 is 0 Å². The first-order chi connectivity index (χ1) is 44.2. The van der Waals surface area contributed by atoms with Gasteiger partial charge < -0.3 is 113 Å². The van der Waals surface area contributed by atoms with Crippen LogP contribution in [0.2, 0.25) is 0 Å². The molecule has 0 unspecified atom stereocenters. The second kappa shape index (κ2) is 41.6. The molecule has 10 amide bonds. The van der Waals surface area contributed by atoms with Gasteiger partial charge in [0, 0.05) is 19.5 Å². The molecule has 1 fully saturated rings. The Morgan fingerprint density at radius 3 is 1.59 bits per heavy atom. The lowest BCUT2D eigenvalue weighted by Gasteiger charge is -2.37. The van der Waals surface area contributed by atoms with Crippen molar-refractivity contribution in [3.8, 4) is 5.75 Å². The van der Waals surface area contributed by atoms with E-state index in [9.17, 15) is 78.0 Å². The fourth-order valence-corrected chi connectivity index (χ4v) is 9.63. The molecule has 528 valence electrons. The summed E-state index contributed by atoms with van der Waals surface area (Å²) in [4.78, 5) is 169. The third-order valence-corrected chi connectivity index (χ3v) is 15.2. The monoisotopic (exact) mass is 1330 g/mol. The van der Waals surface area contributed by atoms with Crippen LogP contribution < -0.4 is 87.6 Å². The molecular weight excluding hydrogens is 1230 g/mol. The van der Waals surface area contributed by atoms with E-state index in [-0.39, 0.29) is 88.5 Å². The average molecular weight is 1330 g/mol. The van der Waals surface area contributed by atoms with Crippen molar-refractivity contribution in [3.63, 3.8) is 0 Å². The number of hydrogen-bond donors (Lipinski definition) is 20. The minimum absolute atomic E-state index is 0.0362. The average Bonchev–Trinajstić information content (AvgIpc) is 0.863. The number of nitrogens with one attached hydrogen (secondary N) is 10. The van der Waals surface area contributed by atoms with Crippen LogP contribution in [-0.2, 0) is 68.7 Å². The van der Waals surface area contributed by atoms with E-state index in [1.165, 1.54) is 52.0 Å². The summed E-state index contributed by atoms with van der Waals surface area (Å²) in [6, 6.07) is -9.29. The van der Waals surface area contributed by atoms with Crippen LogP contribution in [0.3, 0.4) is 0 Å². The summed E-state index contributed by atoms with van der Waals surface area (Å²) in [6.45, 7) is 10.8. The zero-order chi connectivity index (χ0) is 70.9. The van der Waals surface area contributed by atoms with Gasteiger partial charge in [0.25, 0.3) is 0 Å². The highest BCUT2D eigenvalue weighted by Crippen LogP contribution is 2.24. The van der Waals surface area contributed by atoms with Crippen molar-refractivity contribution in [2.24, 2.45) is 50.3 Å². The summed E-state index contributed by atoms with van der Waals surface area (Å²) in [5.41, 5.74) is 33.2. The first kappa shape index (κ1) is 81.1. The summed E-state index contributed by atoms with van der Waals surface area (Å²) in [7, 11) is 0. The van der Waals surface area contributed by atoms with Crippen LogP contribution in [0.4, 0.5) is 0 Å². The van der Waals surface area contributed by atoms with Crippen molar-refractivity contribution in [2.75, 3.05) is 19.6 Å². The number of carbonyl (C=O) groups is 12. The highest BCUT2D eigenvalue weighted by atomic mass is 16.5. The fourth-order valence-electron chi connectivity index (χ4n) is 9.63. The number of aliphatic hydroxyl groups is 1. The van der Waals surface area contributed by atoms with Gasteiger partial charge in [0.1, 0.15) is 66.2 Å². The van der Waals surface area contributed by atoms with E-state index in [0.717, 1.165) is 0 Å². The van der Waals surface area contributed by atoms with Gasteiger partial charge in [-0.3, -0.25) is 62.7 Å². The Morgan fingerprint density at radius 2 is 1.06 bits per heavy atom. The second-order valence-corrected chi connectivity index (χ2v) is 23.3. The molecule has 0 radical (unpaired) electrons. The summed E-state index contributed by atoms with van der Waals surface area (Å²) in [5.74, 6) is -12.8. The van der Waals surface area contributed by atoms with Crippen molar-refractivity contribution in [1.82, 2.24) is 53.2 Å². The van der Waals surface area contributed by atoms with E-state index in [4.69, 9.17) is 39.1 Å². The van der Waals surface area contributed by atoms with Gasteiger partial charge in [-0.2, -0.15) is 0 Å². The third kappa shape index (κ3) is 29.3. The highest BCUT2D eigenvalue weighted by Gasteiger charge is 2.40. The number of hydrogen-bond acceptors (Lipinski definition) is 19. The topological polar surface area (TPSA) is 596 Å². The maximum atomic E-state index is 14.3. The molecule has 35 heteroatoms. The van der Waals surface area contributed by atoms with E-state index in [0.29, 0.717) is 37.8 Å². The molecule has 15 atom stereocenters. The fraction of sp³-hybridized carbons (Fsp3) is 0.661. The molecule has 26 N–H and O–H groups in total. The lowest BCUT2D eigenvalue weighted by molar-refractivity contribution is -0.149. The SMILES string of the molecule is CCC[C@H]1O[C@H](C(=O)N[C@@H](C)C(=O)N[C@@H](CCCN=C(N)N)C(=O)N[C@@H](CCCN=C(N)N)C(=O)O)CC[C@H]1NC(=O)[C@H](CC(=O)O)NC(=O)[C@H](Cc1ccc(O)cc1)NC(=O)[C@H](C)NC(=O)[C@@H](NC(=O)[C@@H](NC(=O)[C@H](CCCCN)NC(=O)[C@H](C)N)[C@@H](C)O)[C@@H](C)CC. The normalized spacial score (nSPS) is 18.2. The number of amides is 10. The van der Waals surface area contributed by atoms with E-state index < -0.39 is 168 Å². The lowest BCUT2D eigenvalue weighted by atomic mass is 9.94. The Bertz CT molecular complexity index is 2770. The van der Waals surface area contributed by atoms with Gasteiger partial charge in [-0.05, 0) is 122 Å². The number of nitrogens with zero attached hydrogens (tertiary/aromatic N) is 2. The number of carboxylic acid groups (broad SMARTS) is 2. The first-order valence-electron chi connectivity index (χ1n) is 31.4. The molecule has 1 heterocycles. The van der Waals surface area contributed by atoms with Gasteiger partial charge >= 0.3 is 11.9 Å². The van der Waals surface area contributed by atoms with Crippen molar-refractivity contribution < 1.29 is 82.7 Å². The number of carboxylic acids is 2. The summed E-state index contributed by atoms with van der Waals surface area (Å²) >= 11 is 0. The number of guanidine groups is 2. The highest BCUT2D eigenvalue weighted by molar-refractivity contribution is 5.98. The summed E-state index contributed by atoms with van der Waals surface area (Å²) < 4.78 is 6.18. The van der Waals surface area contributed by atoms with E-state index in [2.05, 4.69) is 63.2 Å². The zero-order valence-corrected chi connectivity index (χ0v) is 54.4. The van der Waals surface area contributed by atoms with Gasteiger partial charge in [0.2, 0.25) is 59.1 Å². The first-order valence-corrected chi connectivity index (χ1v) is 31.4. The minimum atomic E-state index is -1.78. The number of nitrogens with two attached hydrogens (primary N) is 6. The molecule has 0 aliphatic carbocycles. The van der Waals surface area contributed by atoms with Crippen LogP contribution in [0, 0.1) is 5.92 Å². The molecule has 0 aromatic heterocycles. The number of rotatable bonds is 42. The maximum absolute atomic E-state index is 14.3. The van der Waals surface area contributed by atoms with Crippen LogP contribution in [0.1, 0.15) is 138 Å². The predicted molar refractivity (Wildman–Crippen MR) is 343 cm³/mol. The molecule has 1 aliphatic rings. The number of aliphatic hydroxyl groups excluding tert-OH is 1. The maximum Gasteiger partial charge on any atom is 0.326 e. The molecule has 35 nitrogen and oxygen atoms in total. The quantitative estimate of drug-likeness (QED) is 0.0165. The van der Waals surface area contributed by atoms with Gasteiger partial charge in [-0.25, -0.2) is 4.79 Å². The minimum Gasteiger partial charge on any atom is -0.508 e. The molecule has 1 aromatic carbocycles. The molecule has 1 saturated heterocycles. The Hall–Kier alpha value is -8.96. The number of aliphatic carboxylic acids is 2. The van der Waals surface area contributed by atoms with Gasteiger partial charge in [-0.15, -0.1) is 0 Å². The van der Waals surface area contributed by atoms with E-state index in [1.807, 2.05) is 0 Å². The Labute approximate surface area is 545 Å².